The summed E-state index contributed by atoms with van der Waals surface area (Å²) in [4.78, 5) is 87.8. The number of hydrogen-bond acceptors (Lipinski definition) is 10. The van der Waals surface area contributed by atoms with Crippen LogP contribution in [0.3, 0.4) is 0 Å². The van der Waals surface area contributed by atoms with Crippen LogP contribution in [0.4, 0.5) is 17.2 Å². The second kappa shape index (κ2) is 14.1. The van der Waals surface area contributed by atoms with Crippen molar-refractivity contribution in [2.24, 2.45) is 0 Å². The third-order valence-corrected chi connectivity index (χ3v) is 11.8. The standard InChI is InChI=1S/C39H40ClN7O7/c1-2-39(22-42-35-34(39)29(40)10-13-41-35)23-4-3-5-25(18-23)46-17-16-45(20-32(46)49)33(50)21-54-26-11-14-44(15-12-26)24-6-7-27-28(19-24)38(53)47(37(27)52)30-8-9-31(48)43-36(30)51/h3-7,10,13,18-19,26,30H,2,8-9,11-12,14-17,20-22H2,1H3,(H,41,42)(H,43,48,51). The fraction of sp³-hybridized carbons (Fsp3) is 0.410. The van der Waals surface area contributed by atoms with Gasteiger partial charge in [0, 0.05) is 72.7 Å². The Kier molecular flexibility index (Phi) is 9.34. The number of pyridine rings is 1. The van der Waals surface area contributed by atoms with Gasteiger partial charge in [0.15, 0.2) is 0 Å². The first-order chi connectivity index (χ1) is 26.1. The molecule has 6 heterocycles. The van der Waals surface area contributed by atoms with E-state index >= 15 is 0 Å². The lowest BCUT2D eigenvalue weighted by Crippen LogP contribution is -2.54. The van der Waals surface area contributed by atoms with Crippen LogP contribution in [0.15, 0.2) is 54.7 Å². The summed E-state index contributed by atoms with van der Waals surface area (Å²) >= 11 is 6.67. The Balaban J connectivity index is 0.836. The van der Waals surface area contributed by atoms with Crippen LogP contribution in [0, 0.1) is 0 Å². The van der Waals surface area contributed by atoms with E-state index in [1.165, 1.54) is 0 Å². The monoisotopic (exact) mass is 753 g/mol. The van der Waals surface area contributed by atoms with E-state index in [-0.39, 0.29) is 60.5 Å². The number of benzene rings is 2. The summed E-state index contributed by atoms with van der Waals surface area (Å²) < 4.78 is 6.04. The molecule has 0 radical (unpaired) electrons. The maximum Gasteiger partial charge on any atom is 0.262 e. The molecule has 14 nitrogen and oxygen atoms in total. The van der Waals surface area contributed by atoms with Gasteiger partial charge in [-0.15, -0.1) is 0 Å². The first-order valence-electron chi connectivity index (χ1n) is 18.4. The molecule has 2 unspecified atom stereocenters. The quantitative estimate of drug-likeness (QED) is 0.327. The molecule has 0 spiro atoms. The van der Waals surface area contributed by atoms with E-state index in [9.17, 15) is 28.8 Å². The van der Waals surface area contributed by atoms with Gasteiger partial charge in [-0.3, -0.25) is 39.0 Å². The Morgan fingerprint density at radius 2 is 1.74 bits per heavy atom. The minimum atomic E-state index is -1.02. The van der Waals surface area contributed by atoms with Gasteiger partial charge in [-0.05, 0) is 67.6 Å². The van der Waals surface area contributed by atoms with E-state index in [2.05, 4.69) is 33.5 Å². The van der Waals surface area contributed by atoms with Crippen molar-refractivity contribution < 1.29 is 33.5 Å². The SMILES string of the molecule is CCC1(c2cccc(N3CCN(C(=O)COC4CCN(c5ccc6c(c5)C(=O)N(C5CCC(=O)NC5=O)C6=O)CC4)CC3=O)c2)CNc2nccc(Cl)c21. The molecular formula is C39H40ClN7O7. The van der Waals surface area contributed by atoms with E-state index in [4.69, 9.17) is 16.3 Å². The van der Waals surface area contributed by atoms with Crippen molar-refractivity contribution in [2.45, 2.75) is 56.6 Å². The minimum absolute atomic E-state index is 0.0373. The molecule has 0 saturated carbocycles. The maximum absolute atomic E-state index is 13.4. The minimum Gasteiger partial charge on any atom is -0.371 e. The second-order valence-corrected chi connectivity index (χ2v) is 14.8. The number of carbonyl (C=O) groups is 6. The Hall–Kier alpha value is -5.34. The van der Waals surface area contributed by atoms with E-state index < -0.39 is 29.7 Å². The number of carbonyl (C=O) groups excluding carboxylic acids is 6. The van der Waals surface area contributed by atoms with Gasteiger partial charge in [0.05, 0.1) is 17.2 Å². The smallest absolute Gasteiger partial charge is 0.262 e. The number of nitrogens with zero attached hydrogens (tertiary/aromatic N) is 5. The number of nitrogens with one attached hydrogen (secondary N) is 2. The molecular weight excluding hydrogens is 714 g/mol. The van der Waals surface area contributed by atoms with E-state index in [1.807, 2.05) is 18.2 Å². The molecule has 5 aliphatic heterocycles. The topological polar surface area (TPSA) is 162 Å². The highest BCUT2D eigenvalue weighted by Crippen LogP contribution is 2.47. The van der Waals surface area contributed by atoms with Crippen LogP contribution < -0.4 is 20.4 Å². The number of piperidine rings is 2. The lowest BCUT2D eigenvalue weighted by molar-refractivity contribution is -0.142. The molecule has 0 bridgehead atoms. The van der Waals surface area contributed by atoms with E-state index in [0.29, 0.717) is 50.6 Å². The summed E-state index contributed by atoms with van der Waals surface area (Å²) in [5, 5.41) is 6.27. The molecule has 5 aliphatic rings. The van der Waals surface area contributed by atoms with Gasteiger partial charge in [-0.25, -0.2) is 4.98 Å². The van der Waals surface area contributed by atoms with Gasteiger partial charge >= 0.3 is 0 Å². The highest BCUT2D eigenvalue weighted by atomic mass is 35.5. The molecule has 8 rings (SSSR count). The molecule has 2 aromatic carbocycles. The predicted molar refractivity (Wildman–Crippen MR) is 198 cm³/mol. The van der Waals surface area contributed by atoms with Gasteiger partial charge in [0.25, 0.3) is 11.8 Å². The number of hydrogen-bond donors (Lipinski definition) is 2. The molecule has 2 atom stereocenters. The number of halogens is 1. The van der Waals surface area contributed by atoms with Crippen LogP contribution in [0.1, 0.15) is 70.9 Å². The molecule has 1 aromatic heterocycles. The van der Waals surface area contributed by atoms with Gasteiger partial charge in [-0.2, -0.15) is 0 Å². The number of rotatable bonds is 8. The van der Waals surface area contributed by atoms with Crippen molar-refractivity contribution in [3.8, 4) is 0 Å². The first-order valence-corrected chi connectivity index (χ1v) is 18.8. The van der Waals surface area contributed by atoms with Crippen LogP contribution in [-0.2, 0) is 29.3 Å². The average Bonchev–Trinajstić information content (AvgIpc) is 3.69. The fourth-order valence-electron chi connectivity index (χ4n) is 8.45. The van der Waals surface area contributed by atoms with Crippen LogP contribution in [0.2, 0.25) is 5.02 Å². The molecule has 15 heteroatoms. The van der Waals surface area contributed by atoms with Crippen LogP contribution in [0.25, 0.3) is 0 Å². The van der Waals surface area contributed by atoms with E-state index in [1.54, 1.807) is 40.3 Å². The fourth-order valence-corrected chi connectivity index (χ4v) is 8.78. The second-order valence-electron chi connectivity index (χ2n) is 14.4. The van der Waals surface area contributed by atoms with Crippen molar-refractivity contribution in [3.05, 3.63) is 82.0 Å². The van der Waals surface area contributed by atoms with Gasteiger partial charge < -0.3 is 24.8 Å². The summed E-state index contributed by atoms with van der Waals surface area (Å²) in [7, 11) is 0. The molecule has 0 aliphatic carbocycles. The number of anilines is 3. The molecule has 54 heavy (non-hydrogen) atoms. The Labute approximate surface area is 316 Å². The van der Waals surface area contributed by atoms with Crippen molar-refractivity contribution in [2.75, 3.05) is 61.0 Å². The Morgan fingerprint density at radius 1 is 0.944 bits per heavy atom. The summed E-state index contributed by atoms with van der Waals surface area (Å²) in [6.07, 6.45) is 3.77. The number of amides is 6. The molecule has 280 valence electrons. The summed E-state index contributed by atoms with van der Waals surface area (Å²) in [6, 6.07) is 13.8. The van der Waals surface area contributed by atoms with Gasteiger partial charge in [0.2, 0.25) is 23.6 Å². The third-order valence-electron chi connectivity index (χ3n) is 11.5. The first kappa shape index (κ1) is 35.7. The maximum atomic E-state index is 13.4. The highest BCUT2D eigenvalue weighted by molar-refractivity contribution is 6.32. The van der Waals surface area contributed by atoms with Crippen LogP contribution in [0.5, 0.6) is 0 Å². The van der Waals surface area contributed by atoms with Crippen molar-refractivity contribution in [1.82, 2.24) is 20.1 Å². The summed E-state index contributed by atoms with van der Waals surface area (Å²) in [5.74, 6) is -1.76. The largest absolute Gasteiger partial charge is 0.371 e. The molecule has 3 saturated heterocycles. The van der Waals surface area contributed by atoms with Crippen molar-refractivity contribution in [1.29, 1.82) is 0 Å². The van der Waals surface area contributed by atoms with Crippen molar-refractivity contribution in [3.63, 3.8) is 0 Å². The van der Waals surface area contributed by atoms with Gasteiger partial charge in [-0.1, -0.05) is 30.7 Å². The molecule has 3 fully saturated rings. The molecule has 6 amide bonds. The normalized spacial score (nSPS) is 23.1. The zero-order valence-corrected chi connectivity index (χ0v) is 30.6. The Bertz CT molecular complexity index is 2090. The summed E-state index contributed by atoms with van der Waals surface area (Å²) in [5.41, 5.74) is 3.65. The van der Waals surface area contributed by atoms with Gasteiger partial charge in [0.1, 0.15) is 25.0 Å². The van der Waals surface area contributed by atoms with Crippen molar-refractivity contribution >= 4 is 64.2 Å². The zero-order valence-electron chi connectivity index (χ0n) is 29.8. The predicted octanol–water partition coefficient (Wildman–Crippen LogP) is 3.12. The number of aromatic nitrogens is 1. The lowest BCUT2D eigenvalue weighted by Gasteiger charge is -2.36. The number of piperazine rings is 1. The third kappa shape index (κ3) is 6.16. The van der Waals surface area contributed by atoms with Crippen LogP contribution in [-0.4, -0.2) is 108 Å². The van der Waals surface area contributed by atoms with E-state index in [0.717, 1.165) is 39.6 Å². The molecule has 3 aromatic rings. The Morgan fingerprint density at radius 3 is 2.50 bits per heavy atom. The number of imide groups is 2. The molecule has 2 N–H and O–H groups in total. The zero-order chi connectivity index (χ0) is 37.7. The lowest BCUT2D eigenvalue weighted by atomic mass is 9.74. The average molecular weight is 754 g/mol. The number of fused-ring (bicyclic) bond motifs is 2. The highest BCUT2D eigenvalue weighted by Gasteiger charge is 2.45. The number of ether oxygens (including phenoxy) is 1. The summed E-state index contributed by atoms with van der Waals surface area (Å²) in [6.45, 7) is 4.57. The van der Waals surface area contributed by atoms with Crippen LogP contribution >= 0.6 is 11.6 Å².